The Kier molecular flexibility index (Phi) is 4.38. The molecule has 1 unspecified atom stereocenters. The molecule has 0 radical (unpaired) electrons. The van der Waals surface area contributed by atoms with Crippen molar-refractivity contribution >= 4 is 45.9 Å². The highest BCUT2D eigenvalue weighted by molar-refractivity contribution is 8.00. The quantitative estimate of drug-likeness (QED) is 0.437. The molecule has 5 rings (SSSR count). The van der Waals surface area contributed by atoms with Gasteiger partial charge in [-0.15, -0.1) is 11.8 Å². The highest BCUT2D eigenvalue weighted by Gasteiger charge is 2.38. The Labute approximate surface area is 172 Å². The maximum atomic E-state index is 13.0. The lowest BCUT2D eigenvalue weighted by molar-refractivity contribution is -0.115. The number of benzene rings is 3. The molecule has 1 aliphatic heterocycles. The molecule has 0 aliphatic carbocycles. The number of aromatic nitrogens is 1. The summed E-state index contributed by atoms with van der Waals surface area (Å²) in [6.07, 6.45) is 0. The van der Waals surface area contributed by atoms with Crippen molar-refractivity contribution in [3.63, 3.8) is 0 Å². The summed E-state index contributed by atoms with van der Waals surface area (Å²) < 4.78 is 0. The minimum absolute atomic E-state index is 0.0943. The Morgan fingerprint density at radius 3 is 2.46 bits per heavy atom. The molecule has 1 saturated heterocycles. The molecule has 3 aromatic carbocycles. The summed E-state index contributed by atoms with van der Waals surface area (Å²) in [7, 11) is 0. The predicted molar refractivity (Wildman–Crippen MR) is 118 cm³/mol. The molecule has 138 valence electrons. The average Bonchev–Trinajstić information content (AvgIpc) is 3.29. The van der Waals surface area contributed by atoms with E-state index in [0.717, 1.165) is 33.4 Å². The summed E-state index contributed by atoms with van der Waals surface area (Å²) >= 11 is 8.11. The molecule has 0 bridgehead atoms. The molecular weight excluding hydrogens is 388 g/mol. The third kappa shape index (κ3) is 2.81. The third-order valence-electron chi connectivity index (χ3n) is 5.02. The Bertz CT molecular complexity index is 1170. The van der Waals surface area contributed by atoms with E-state index < -0.39 is 0 Å². The molecule has 1 aromatic heterocycles. The number of nitrogens with one attached hydrogen (secondary N) is 1. The van der Waals surface area contributed by atoms with Gasteiger partial charge in [0.15, 0.2) is 0 Å². The smallest absolute Gasteiger partial charge is 0.238 e. The molecule has 1 amide bonds. The number of amides is 1. The second kappa shape index (κ2) is 7.04. The summed E-state index contributed by atoms with van der Waals surface area (Å²) in [5.41, 5.74) is 4.90. The van der Waals surface area contributed by atoms with Crippen LogP contribution in [0.4, 0.5) is 5.69 Å². The van der Waals surface area contributed by atoms with Crippen LogP contribution in [0.2, 0.25) is 5.02 Å². The number of hydrogen-bond acceptors (Lipinski definition) is 2. The fourth-order valence-electron chi connectivity index (χ4n) is 3.76. The molecule has 1 aliphatic rings. The number of rotatable bonds is 3. The van der Waals surface area contributed by atoms with E-state index in [2.05, 4.69) is 23.2 Å². The second-order valence-corrected chi connectivity index (χ2v) is 8.18. The van der Waals surface area contributed by atoms with Gasteiger partial charge in [-0.1, -0.05) is 78.3 Å². The van der Waals surface area contributed by atoms with E-state index in [0.29, 0.717) is 10.8 Å². The van der Waals surface area contributed by atoms with E-state index in [1.54, 1.807) is 11.8 Å². The SMILES string of the molecule is O=C1CSC(c2ccccc2Cl)N1c1c(-c2ccccc2)[nH]c2ccccc12. The summed E-state index contributed by atoms with van der Waals surface area (Å²) in [4.78, 5) is 18.5. The largest absolute Gasteiger partial charge is 0.353 e. The van der Waals surface area contributed by atoms with E-state index in [1.807, 2.05) is 65.6 Å². The van der Waals surface area contributed by atoms with Crippen molar-refractivity contribution in [3.8, 4) is 11.3 Å². The summed E-state index contributed by atoms with van der Waals surface area (Å²) in [5.74, 6) is 0.528. The lowest BCUT2D eigenvalue weighted by atomic mass is 10.1. The first-order chi connectivity index (χ1) is 13.7. The average molecular weight is 405 g/mol. The molecule has 1 atom stereocenters. The zero-order chi connectivity index (χ0) is 19.1. The number of halogens is 1. The van der Waals surface area contributed by atoms with Crippen LogP contribution in [0.5, 0.6) is 0 Å². The Hall–Kier alpha value is -2.69. The standard InChI is InChI=1S/C23H17ClN2OS/c24-18-12-6-4-10-16(18)23-26(20(27)14-28-23)22-17-11-5-7-13-19(17)25-21(22)15-8-2-1-3-9-15/h1-13,23,25H,14H2. The van der Waals surface area contributed by atoms with Gasteiger partial charge in [-0.25, -0.2) is 0 Å². The molecular formula is C23H17ClN2OS. The normalized spacial score (nSPS) is 16.8. The van der Waals surface area contributed by atoms with Crippen LogP contribution in [0.15, 0.2) is 78.9 Å². The lowest BCUT2D eigenvalue weighted by Gasteiger charge is -2.26. The van der Waals surface area contributed by atoms with Crippen molar-refractivity contribution < 1.29 is 4.79 Å². The molecule has 0 spiro atoms. The molecule has 1 fully saturated rings. The van der Waals surface area contributed by atoms with Crippen molar-refractivity contribution in [2.75, 3.05) is 10.7 Å². The Morgan fingerprint density at radius 1 is 0.929 bits per heavy atom. The van der Waals surface area contributed by atoms with Crippen LogP contribution in [0, 0.1) is 0 Å². The van der Waals surface area contributed by atoms with Gasteiger partial charge in [-0.3, -0.25) is 9.69 Å². The van der Waals surface area contributed by atoms with E-state index in [-0.39, 0.29) is 11.3 Å². The first kappa shape index (κ1) is 17.4. The maximum absolute atomic E-state index is 13.0. The van der Waals surface area contributed by atoms with Crippen molar-refractivity contribution in [3.05, 3.63) is 89.4 Å². The van der Waals surface area contributed by atoms with Crippen molar-refractivity contribution in [2.45, 2.75) is 5.37 Å². The van der Waals surface area contributed by atoms with E-state index in [1.165, 1.54) is 0 Å². The number of carbonyl (C=O) groups is 1. The van der Waals surface area contributed by atoms with E-state index >= 15 is 0 Å². The van der Waals surface area contributed by atoms with Crippen molar-refractivity contribution in [1.29, 1.82) is 0 Å². The van der Waals surface area contributed by atoms with E-state index in [9.17, 15) is 4.79 Å². The minimum Gasteiger partial charge on any atom is -0.353 e. The van der Waals surface area contributed by atoms with Crippen molar-refractivity contribution in [1.82, 2.24) is 4.98 Å². The van der Waals surface area contributed by atoms with Crippen LogP contribution < -0.4 is 4.90 Å². The molecule has 0 saturated carbocycles. The van der Waals surface area contributed by atoms with Gasteiger partial charge in [0.05, 0.1) is 17.1 Å². The predicted octanol–water partition coefficient (Wildman–Crippen LogP) is 6.27. The van der Waals surface area contributed by atoms with Crippen LogP contribution >= 0.6 is 23.4 Å². The summed E-state index contributed by atoms with van der Waals surface area (Å²) in [6.45, 7) is 0. The molecule has 2 heterocycles. The number of thioether (sulfide) groups is 1. The van der Waals surface area contributed by atoms with Gasteiger partial charge in [0.2, 0.25) is 5.91 Å². The van der Waals surface area contributed by atoms with Gasteiger partial charge in [-0.2, -0.15) is 0 Å². The fourth-order valence-corrected chi connectivity index (χ4v) is 5.26. The first-order valence-electron chi connectivity index (χ1n) is 9.08. The zero-order valence-electron chi connectivity index (χ0n) is 14.9. The Morgan fingerprint density at radius 2 is 1.64 bits per heavy atom. The molecule has 1 N–H and O–H groups in total. The highest BCUT2D eigenvalue weighted by Crippen LogP contribution is 2.49. The fraction of sp³-hybridized carbons (Fsp3) is 0.0870. The van der Waals surface area contributed by atoms with Gasteiger partial charge in [0, 0.05) is 27.1 Å². The number of carbonyl (C=O) groups excluding carboxylic acids is 1. The second-order valence-electron chi connectivity index (χ2n) is 6.71. The number of fused-ring (bicyclic) bond motifs is 1. The Balaban J connectivity index is 1.75. The van der Waals surface area contributed by atoms with Crippen molar-refractivity contribution in [2.24, 2.45) is 0 Å². The van der Waals surface area contributed by atoms with Crippen LogP contribution in [0.25, 0.3) is 22.2 Å². The van der Waals surface area contributed by atoms with Crippen LogP contribution in [-0.4, -0.2) is 16.6 Å². The minimum atomic E-state index is -0.150. The van der Waals surface area contributed by atoms with E-state index in [4.69, 9.17) is 11.6 Å². The molecule has 5 heteroatoms. The molecule has 3 nitrogen and oxygen atoms in total. The van der Waals surface area contributed by atoms with Crippen LogP contribution in [0.1, 0.15) is 10.9 Å². The number of anilines is 1. The van der Waals surface area contributed by atoms with Crippen LogP contribution in [0.3, 0.4) is 0 Å². The van der Waals surface area contributed by atoms with Gasteiger partial charge in [0.1, 0.15) is 5.37 Å². The third-order valence-corrected chi connectivity index (χ3v) is 6.56. The number of nitrogens with zero attached hydrogens (tertiary/aromatic N) is 1. The first-order valence-corrected chi connectivity index (χ1v) is 10.5. The topological polar surface area (TPSA) is 36.1 Å². The summed E-state index contributed by atoms with van der Waals surface area (Å²) in [6, 6.07) is 26.0. The maximum Gasteiger partial charge on any atom is 0.238 e. The zero-order valence-corrected chi connectivity index (χ0v) is 16.5. The van der Waals surface area contributed by atoms with Gasteiger partial charge >= 0.3 is 0 Å². The number of H-pyrrole nitrogens is 1. The monoisotopic (exact) mass is 404 g/mol. The van der Waals surface area contributed by atoms with Crippen LogP contribution in [-0.2, 0) is 4.79 Å². The summed E-state index contributed by atoms with van der Waals surface area (Å²) in [5, 5.41) is 1.57. The number of para-hydroxylation sites is 1. The lowest BCUT2D eigenvalue weighted by Crippen LogP contribution is -2.28. The van der Waals surface area contributed by atoms with Gasteiger partial charge < -0.3 is 4.98 Å². The molecule has 28 heavy (non-hydrogen) atoms. The highest BCUT2D eigenvalue weighted by atomic mass is 35.5. The van der Waals surface area contributed by atoms with Gasteiger partial charge in [0.25, 0.3) is 0 Å². The number of hydrogen-bond donors (Lipinski definition) is 1. The number of aromatic amines is 1. The molecule has 4 aromatic rings. The van der Waals surface area contributed by atoms with Gasteiger partial charge in [-0.05, 0) is 12.1 Å².